The summed E-state index contributed by atoms with van der Waals surface area (Å²) in [5.41, 5.74) is 0.737. The molecular formula is C12H12N2. The lowest BCUT2D eigenvalue weighted by Crippen LogP contribution is -2.23. The molecule has 0 atom stereocenters. The van der Waals surface area contributed by atoms with Crippen molar-refractivity contribution in [2.45, 2.75) is 6.92 Å². The van der Waals surface area contributed by atoms with Crippen molar-refractivity contribution >= 4 is 12.2 Å². The van der Waals surface area contributed by atoms with E-state index in [9.17, 15) is 0 Å². The van der Waals surface area contributed by atoms with Crippen LogP contribution < -0.4 is 10.6 Å². The number of rotatable bonds is 2. The fourth-order valence-electron chi connectivity index (χ4n) is 1.11. The molecule has 0 aliphatic carbocycles. The highest BCUT2D eigenvalue weighted by molar-refractivity contribution is 5.45. The van der Waals surface area contributed by atoms with Crippen LogP contribution >= 0.6 is 0 Å². The lowest BCUT2D eigenvalue weighted by atomic mass is 10.3. The van der Waals surface area contributed by atoms with E-state index >= 15 is 0 Å². The van der Waals surface area contributed by atoms with Gasteiger partial charge in [0.1, 0.15) is 5.69 Å². The van der Waals surface area contributed by atoms with E-state index in [1.807, 2.05) is 12.2 Å². The van der Waals surface area contributed by atoms with E-state index < -0.39 is 0 Å². The Morgan fingerprint density at radius 1 is 1.29 bits per heavy atom. The first kappa shape index (κ1) is 10.1. The third kappa shape index (κ3) is 2.02. The van der Waals surface area contributed by atoms with Crippen molar-refractivity contribution in [2.75, 3.05) is 0 Å². The molecule has 2 heteroatoms. The first-order valence-electron chi connectivity index (χ1n) is 4.26. The minimum absolute atomic E-state index is 0.737. The Kier molecular flexibility index (Phi) is 3.51. The van der Waals surface area contributed by atoms with E-state index in [-0.39, 0.29) is 0 Å². The predicted octanol–water partition coefficient (Wildman–Crippen LogP) is 0.714. The van der Waals surface area contributed by atoms with Gasteiger partial charge in [-0.25, -0.2) is 0 Å². The van der Waals surface area contributed by atoms with Gasteiger partial charge in [-0.05, 0) is 18.9 Å². The minimum atomic E-state index is 0.737. The number of nitrogens with one attached hydrogen (secondary N) is 1. The maximum atomic E-state index is 4.09. The van der Waals surface area contributed by atoms with Crippen molar-refractivity contribution in [1.29, 1.82) is 0 Å². The topological polar surface area (TPSA) is 28.7 Å². The largest absolute Gasteiger partial charge is 0.277 e. The summed E-state index contributed by atoms with van der Waals surface area (Å²) >= 11 is 0. The minimum Gasteiger partial charge on any atom is -0.277 e. The second-order valence-corrected chi connectivity index (χ2v) is 2.58. The van der Waals surface area contributed by atoms with E-state index in [4.69, 9.17) is 0 Å². The van der Waals surface area contributed by atoms with Gasteiger partial charge < -0.3 is 0 Å². The number of hydrogen-bond donors (Lipinski definition) is 1. The van der Waals surface area contributed by atoms with Crippen molar-refractivity contribution in [2.24, 2.45) is 0 Å². The number of allylic oxidation sites excluding steroid dienone is 2. The lowest BCUT2D eigenvalue weighted by molar-refractivity contribution is 1.05. The summed E-state index contributed by atoms with van der Waals surface area (Å²) in [6.07, 6.45) is 7.14. The fraction of sp³-hybridized carbons (Fsp3) is 0.0833. The molecule has 1 rings (SSSR count). The number of H-pyrrole nitrogens is 1. The van der Waals surface area contributed by atoms with Crippen LogP contribution in [-0.2, 0) is 0 Å². The molecule has 1 heterocycles. The molecule has 0 fully saturated rings. The zero-order chi connectivity index (χ0) is 10.4. The monoisotopic (exact) mass is 184 g/mol. The van der Waals surface area contributed by atoms with Crippen molar-refractivity contribution < 1.29 is 0 Å². The van der Waals surface area contributed by atoms with Gasteiger partial charge in [0.05, 0.1) is 5.35 Å². The van der Waals surface area contributed by atoms with Crippen LogP contribution in [0.5, 0.6) is 0 Å². The summed E-state index contributed by atoms with van der Waals surface area (Å²) in [4.78, 5) is 0. The molecule has 70 valence electrons. The molecule has 1 aromatic rings. The van der Waals surface area contributed by atoms with Crippen molar-refractivity contribution in [3.8, 4) is 11.8 Å². The molecule has 0 amide bonds. The molecule has 1 N–H and O–H groups in total. The maximum absolute atomic E-state index is 4.09. The van der Waals surface area contributed by atoms with Crippen LogP contribution in [0.2, 0.25) is 0 Å². The van der Waals surface area contributed by atoms with E-state index in [0.717, 1.165) is 16.3 Å². The van der Waals surface area contributed by atoms with Gasteiger partial charge in [-0.1, -0.05) is 37.3 Å². The summed E-state index contributed by atoms with van der Waals surface area (Å²) < 4.78 is 0. The van der Waals surface area contributed by atoms with Crippen LogP contribution in [-0.4, -0.2) is 10.2 Å². The Morgan fingerprint density at radius 2 is 2.00 bits per heavy atom. The normalized spacial score (nSPS) is 12.1. The lowest BCUT2D eigenvalue weighted by Gasteiger charge is -1.78. The molecule has 1 aromatic heterocycles. The average Bonchev–Trinajstić information content (AvgIpc) is 2.52. The predicted molar refractivity (Wildman–Crippen MR) is 59.7 cm³/mol. The molecule has 0 aliphatic rings. The van der Waals surface area contributed by atoms with E-state index in [1.165, 1.54) is 0 Å². The quantitative estimate of drug-likeness (QED) is 0.674. The summed E-state index contributed by atoms with van der Waals surface area (Å²) in [6, 6.07) is 0. The molecular weight excluding hydrogens is 172 g/mol. The molecule has 0 bridgehead atoms. The van der Waals surface area contributed by atoms with Gasteiger partial charge in [0.25, 0.3) is 0 Å². The second kappa shape index (κ2) is 4.88. The summed E-state index contributed by atoms with van der Waals surface area (Å²) in [5, 5.41) is 8.83. The van der Waals surface area contributed by atoms with Crippen LogP contribution in [0.25, 0.3) is 12.2 Å². The van der Waals surface area contributed by atoms with Gasteiger partial charge in [0, 0.05) is 5.22 Å². The smallest absolute Gasteiger partial charge is 0.142 e. The molecule has 0 spiro atoms. The van der Waals surface area contributed by atoms with Crippen molar-refractivity contribution in [3.05, 3.63) is 41.6 Å². The maximum Gasteiger partial charge on any atom is 0.142 e. The Labute approximate surface area is 83.4 Å². The molecule has 0 aliphatic heterocycles. The van der Waals surface area contributed by atoms with Crippen LogP contribution in [0.1, 0.15) is 12.6 Å². The Morgan fingerprint density at radius 3 is 2.57 bits per heavy atom. The van der Waals surface area contributed by atoms with Gasteiger partial charge in [0.15, 0.2) is 0 Å². The number of aromatic nitrogens is 2. The third-order valence-corrected chi connectivity index (χ3v) is 1.65. The highest BCUT2D eigenvalue weighted by Gasteiger charge is 1.95. The SMILES string of the molecule is C=C/C=c1/c(C#CC)n[nH]/c1=C/C=C. The number of nitrogens with zero attached hydrogens (tertiary/aromatic N) is 1. The third-order valence-electron chi connectivity index (χ3n) is 1.65. The van der Waals surface area contributed by atoms with Crippen molar-refractivity contribution in [3.63, 3.8) is 0 Å². The first-order valence-corrected chi connectivity index (χ1v) is 4.26. The molecule has 0 radical (unpaired) electrons. The average molecular weight is 184 g/mol. The molecule has 14 heavy (non-hydrogen) atoms. The Bertz CT molecular complexity index is 507. The summed E-state index contributed by atoms with van der Waals surface area (Å²) in [7, 11) is 0. The van der Waals surface area contributed by atoms with Gasteiger partial charge in [-0.15, -0.1) is 0 Å². The van der Waals surface area contributed by atoms with Crippen molar-refractivity contribution in [1.82, 2.24) is 10.2 Å². The number of aromatic amines is 1. The van der Waals surface area contributed by atoms with E-state index in [0.29, 0.717) is 0 Å². The van der Waals surface area contributed by atoms with Gasteiger partial charge >= 0.3 is 0 Å². The zero-order valence-corrected chi connectivity index (χ0v) is 8.17. The highest BCUT2D eigenvalue weighted by atomic mass is 15.1. The van der Waals surface area contributed by atoms with Gasteiger partial charge in [-0.2, -0.15) is 5.10 Å². The van der Waals surface area contributed by atoms with Gasteiger partial charge in [0.2, 0.25) is 0 Å². The molecule has 2 nitrogen and oxygen atoms in total. The first-order chi connectivity index (χ1) is 6.83. The van der Waals surface area contributed by atoms with E-state index in [1.54, 1.807) is 19.1 Å². The van der Waals surface area contributed by atoms with Crippen LogP contribution in [0.3, 0.4) is 0 Å². The van der Waals surface area contributed by atoms with Gasteiger partial charge in [-0.3, -0.25) is 5.10 Å². The standard InChI is InChI=1S/C12H12N2/c1-4-7-10-11(8-5-2)13-14-12(10)9-6-3/h4-5,7-8,13H,1-2H2,3H3/b10-7+,11-8+. The molecule has 0 unspecified atom stereocenters. The van der Waals surface area contributed by atoms with Crippen LogP contribution in [0.15, 0.2) is 25.3 Å². The second-order valence-electron chi connectivity index (χ2n) is 2.58. The fourth-order valence-corrected chi connectivity index (χ4v) is 1.11. The Hall–Kier alpha value is -2.01. The molecule has 0 aromatic carbocycles. The molecule has 0 saturated heterocycles. The zero-order valence-electron chi connectivity index (χ0n) is 8.17. The van der Waals surface area contributed by atoms with Crippen LogP contribution in [0.4, 0.5) is 0 Å². The Balaban J connectivity index is 3.56. The highest BCUT2D eigenvalue weighted by Crippen LogP contribution is 1.77. The summed E-state index contributed by atoms with van der Waals surface area (Å²) in [5.74, 6) is 5.73. The number of hydrogen-bond acceptors (Lipinski definition) is 1. The summed E-state index contributed by atoms with van der Waals surface area (Å²) in [6.45, 7) is 9.07. The molecule has 0 saturated carbocycles. The van der Waals surface area contributed by atoms with Crippen LogP contribution in [0, 0.1) is 11.8 Å². The van der Waals surface area contributed by atoms with E-state index in [2.05, 4.69) is 35.2 Å².